The van der Waals surface area contributed by atoms with Crippen LogP contribution in [0.3, 0.4) is 0 Å². The summed E-state index contributed by atoms with van der Waals surface area (Å²) < 4.78 is 28.1. The van der Waals surface area contributed by atoms with Gasteiger partial charge in [0.1, 0.15) is 5.75 Å². The average molecular weight is 394 g/mol. The third-order valence-electron chi connectivity index (χ3n) is 5.31. The van der Waals surface area contributed by atoms with E-state index < -0.39 is 9.84 Å². The van der Waals surface area contributed by atoms with E-state index in [1.807, 2.05) is 24.3 Å². The number of nitrogens with one attached hydrogen (secondary N) is 1. The van der Waals surface area contributed by atoms with Crippen molar-refractivity contribution < 1.29 is 22.7 Å². The van der Waals surface area contributed by atoms with Gasteiger partial charge in [-0.2, -0.15) is 0 Å². The predicted molar refractivity (Wildman–Crippen MR) is 101 cm³/mol. The number of carbonyl (C=O) groups excluding carboxylic acids is 2. The summed E-state index contributed by atoms with van der Waals surface area (Å²) in [6.07, 6.45) is 2.05. The van der Waals surface area contributed by atoms with Crippen molar-refractivity contribution in [2.75, 3.05) is 31.7 Å². The molecule has 1 unspecified atom stereocenters. The molecule has 7 nitrogen and oxygen atoms in total. The van der Waals surface area contributed by atoms with Gasteiger partial charge in [0.25, 0.3) is 0 Å². The molecule has 1 aromatic rings. The molecule has 0 saturated carbocycles. The summed E-state index contributed by atoms with van der Waals surface area (Å²) in [7, 11) is -1.40. The number of benzene rings is 1. The molecule has 1 aromatic carbocycles. The molecule has 148 valence electrons. The fourth-order valence-corrected chi connectivity index (χ4v) is 5.32. The fourth-order valence-electron chi connectivity index (χ4n) is 3.65. The molecule has 8 heteroatoms. The van der Waals surface area contributed by atoms with Crippen LogP contribution in [0.4, 0.5) is 0 Å². The Morgan fingerprint density at radius 1 is 1.15 bits per heavy atom. The van der Waals surface area contributed by atoms with Gasteiger partial charge >= 0.3 is 0 Å². The minimum absolute atomic E-state index is 0.0396. The number of methoxy groups -OCH3 is 1. The van der Waals surface area contributed by atoms with Gasteiger partial charge in [-0.25, -0.2) is 8.42 Å². The number of nitrogens with zero attached hydrogens (tertiary/aromatic N) is 1. The Kier molecular flexibility index (Phi) is 6.04. The zero-order valence-corrected chi connectivity index (χ0v) is 16.3. The first kappa shape index (κ1) is 19.7. The van der Waals surface area contributed by atoms with Gasteiger partial charge < -0.3 is 15.0 Å². The number of likely N-dealkylation sites (tertiary alicyclic amines) is 1. The highest BCUT2D eigenvalue weighted by atomic mass is 32.2. The summed E-state index contributed by atoms with van der Waals surface area (Å²) in [5.41, 5.74) is 0.933. The van der Waals surface area contributed by atoms with Gasteiger partial charge in [0, 0.05) is 25.0 Å². The monoisotopic (exact) mass is 394 g/mol. The number of hydrogen-bond acceptors (Lipinski definition) is 5. The molecule has 0 aromatic heterocycles. The van der Waals surface area contributed by atoms with Crippen molar-refractivity contribution in [3.63, 3.8) is 0 Å². The molecular weight excluding hydrogens is 368 g/mol. The minimum Gasteiger partial charge on any atom is -0.497 e. The molecule has 2 fully saturated rings. The van der Waals surface area contributed by atoms with Crippen LogP contribution < -0.4 is 10.1 Å². The van der Waals surface area contributed by atoms with Crippen LogP contribution in [0.15, 0.2) is 24.3 Å². The smallest absolute Gasteiger partial charge is 0.226 e. The van der Waals surface area contributed by atoms with Crippen LogP contribution >= 0.6 is 0 Å². The lowest BCUT2D eigenvalue weighted by atomic mass is 9.95. The second kappa shape index (κ2) is 8.29. The molecule has 0 radical (unpaired) electrons. The van der Waals surface area contributed by atoms with E-state index in [4.69, 9.17) is 4.74 Å². The first-order valence-electron chi connectivity index (χ1n) is 9.28. The lowest BCUT2D eigenvalue weighted by Gasteiger charge is -2.32. The summed E-state index contributed by atoms with van der Waals surface area (Å²) in [4.78, 5) is 26.6. The topological polar surface area (TPSA) is 92.8 Å². The van der Waals surface area contributed by atoms with Crippen molar-refractivity contribution in [3.05, 3.63) is 29.8 Å². The van der Waals surface area contributed by atoms with Crippen LogP contribution in [-0.4, -0.2) is 62.9 Å². The Hall–Kier alpha value is -2.09. The summed E-state index contributed by atoms with van der Waals surface area (Å²) >= 11 is 0. The average Bonchev–Trinajstić information content (AvgIpc) is 3.00. The number of ether oxygens (including phenoxy) is 1. The van der Waals surface area contributed by atoms with Crippen molar-refractivity contribution >= 4 is 21.7 Å². The highest BCUT2D eigenvalue weighted by molar-refractivity contribution is 7.91. The maximum Gasteiger partial charge on any atom is 0.226 e. The molecule has 3 rings (SSSR count). The number of rotatable bonds is 5. The van der Waals surface area contributed by atoms with Crippen molar-refractivity contribution in [1.82, 2.24) is 10.2 Å². The van der Waals surface area contributed by atoms with E-state index in [0.717, 1.165) is 11.3 Å². The number of piperidine rings is 1. The first-order chi connectivity index (χ1) is 12.9. The van der Waals surface area contributed by atoms with Crippen LogP contribution in [0.1, 0.15) is 24.8 Å². The molecule has 1 atom stereocenters. The largest absolute Gasteiger partial charge is 0.497 e. The van der Waals surface area contributed by atoms with E-state index in [1.165, 1.54) is 0 Å². The van der Waals surface area contributed by atoms with E-state index in [9.17, 15) is 18.0 Å². The van der Waals surface area contributed by atoms with Crippen molar-refractivity contribution in [1.29, 1.82) is 0 Å². The molecule has 27 heavy (non-hydrogen) atoms. The minimum atomic E-state index is -3.00. The van der Waals surface area contributed by atoms with Crippen molar-refractivity contribution in [2.24, 2.45) is 5.92 Å². The fraction of sp³-hybridized carbons (Fsp3) is 0.579. The third kappa shape index (κ3) is 5.22. The normalized spacial score (nSPS) is 22.4. The van der Waals surface area contributed by atoms with Crippen LogP contribution in [0.25, 0.3) is 0 Å². The third-order valence-corrected chi connectivity index (χ3v) is 7.08. The number of hydrogen-bond donors (Lipinski definition) is 1. The zero-order chi connectivity index (χ0) is 19.4. The maximum absolute atomic E-state index is 12.5. The Balaban J connectivity index is 1.45. The van der Waals surface area contributed by atoms with E-state index in [1.54, 1.807) is 12.0 Å². The zero-order valence-electron chi connectivity index (χ0n) is 15.5. The first-order valence-corrected chi connectivity index (χ1v) is 11.1. The lowest BCUT2D eigenvalue weighted by molar-refractivity contribution is -0.135. The Morgan fingerprint density at radius 2 is 1.81 bits per heavy atom. The molecule has 2 aliphatic heterocycles. The van der Waals surface area contributed by atoms with Gasteiger partial charge in [-0.3, -0.25) is 9.59 Å². The summed E-state index contributed by atoms with van der Waals surface area (Å²) in [6, 6.07) is 7.17. The molecule has 0 spiro atoms. The second-order valence-electron chi connectivity index (χ2n) is 7.29. The van der Waals surface area contributed by atoms with Crippen molar-refractivity contribution in [2.45, 2.75) is 31.7 Å². The van der Waals surface area contributed by atoms with Gasteiger partial charge in [0.15, 0.2) is 9.84 Å². The quantitative estimate of drug-likeness (QED) is 0.797. The number of sulfone groups is 1. The Labute approximate surface area is 160 Å². The highest BCUT2D eigenvalue weighted by Gasteiger charge is 2.32. The van der Waals surface area contributed by atoms with E-state index >= 15 is 0 Å². The molecule has 1 N–H and O–H groups in total. The molecule has 2 saturated heterocycles. The molecule has 2 heterocycles. The highest BCUT2D eigenvalue weighted by Crippen LogP contribution is 2.20. The van der Waals surface area contributed by atoms with E-state index in [0.29, 0.717) is 38.8 Å². The number of carbonyl (C=O) groups is 2. The number of amides is 2. The maximum atomic E-state index is 12.5. The van der Waals surface area contributed by atoms with Gasteiger partial charge in [0.2, 0.25) is 11.8 Å². The Morgan fingerprint density at radius 3 is 2.37 bits per heavy atom. The van der Waals surface area contributed by atoms with Crippen molar-refractivity contribution in [3.8, 4) is 5.75 Å². The molecule has 2 aliphatic rings. The summed E-state index contributed by atoms with van der Waals surface area (Å²) in [5, 5.41) is 2.87. The van der Waals surface area contributed by atoms with Gasteiger partial charge in [-0.1, -0.05) is 12.1 Å². The lowest BCUT2D eigenvalue weighted by Crippen LogP contribution is -2.46. The van der Waals surface area contributed by atoms with E-state index in [2.05, 4.69) is 5.32 Å². The summed E-state index contributed by atoms with van der Waals surface area (Å²) in [6.45, 7) is 1.10. The SMILES string of the molecule is COc1ccc(CC(=O)N2CCC(C(=O)NC3CCS(=O)(=O)C3)CC2)cc1. The van der Waals surface area contributed by atoms with Crippen LogP contribution in [0.2, 0.25) is 0 Å². The van der Waals surface area contributed by atoms with E-state index in [-0.39, 0.29) is 35.3 Å². The molecule has 0 bridgehead atoms. The summed E-state index contributed by atoms with van der Waals surface area (Å²) in [5.74, 6) is 0.764. The second-order valence-corrected chi connectivity index (χ2v) is 9.52. The Bertz CT molecular complexity index is 783. The van der Waals surface area contributed by atoms with Crippen LogP contribution in [-0.2, 0) is 25.8 Å². The molecule has 2 amide bonds. The van der Waals surface area contributed by atoms with Crippen LogP contribution in [0, 0.1) is 5.92 Å². The van der Waals surface area contributed by atoms with Gasteiger partial charge in [-0.15, -0.1) is 0 Å². The van der Waals surface area contributed by atoms with Gasteiger partial charge in [0.05, 0.1) is 25.0 Å². The standard InChI is InChI=1S/C19H26N2O5S/c1-26-17-4-2-14(3-5-17)12-18(22)21-9-6-15(7-10-21)19(23)20-16-8-11-27(24,25)13-16/h2-5,15-16H,6-13H2,1H3,(H,20,23). The molecular formula is C19H26N2O5S. The van der Waals surface area contributed by atoms with Gasteiger partial charge in [-0.05, 0) is 37.0 Å². The molecule has 0 aliphatic carbocycles. The predicted octanol–water partition coefficient (Wildman–Crippen LogP) is 0.780. The van der Waals surface area contributed by atoms with Crippen LogP contribution in [0.5, 0.6) is 5.75 Å².